The lowest BCUT2D eigenvalue weighted by atomic mass is 10.1. The first kappa shape index (κ1) is 20.3. The van der Waals surface area contributed by atoms with Gasteiger partial charge in [-0.1, -0.05) is 42.5 Å². The molecule has 5 nitrogen and oxygen atoms in total. The van der Waals surface area contributed by atoms with Gasteiger partial charge in [0.2, 0.25) is 0 Å². The number of pyridine rings is 1. The highest BCUT2D eigenvalue weighted by atomic mass is 19.3. The Kier molecular flexibility index (Phi) is 5.48. The van der Waals surface area contributed by atoms with Crippen LogP contribution in [0.1, 0.15) is 15.9 Å². The number of carbonyl (C=O) groups is 1. The minimum absolute atomic E-state index is 0.0112. The smallest absolute Gasteiger partial charge is 0.390 e. The number of rotatable bonds is 5. The Morgan fingerprint density at radius 1 is 0.968 bits per heavy atom. The highest BCUT2D eigenvalue weighted by Crippen LogP contribution is 2.33. The van der Waals surface area contributed by atoms with E-state index in [9.17, 15) is 22.4 Å². The summed E-state index contributed by atoms with van der Waals surface area (Å²) in [6.07, 6.45) is -0.416. The molecule has 4 rings (SSSR count). The molecule has 0 aliphatic carbocycles. The number of carbonyl (C=O) groups excluding carboxylic acids is 1. The topological polar surface area (TPSA) is 56.0 Å². The Hall–Kier alpha value is -4.01. The molecule has 2 heterocycles. The first-order valence-electron chi connectivity index (χ1n) is 9.00. The Bertz CT molecular complexity index is 1290. The zero-order valence-corrected chi connectivity index (χ0v) is 15.7. The maximum atomic E-state index is 14.5. The van der Waals surface area contributed by atoms with Crippen molar-refractivity contribution in [2.75, 3.05) is 0 Å². The van der Waals surface area contributed by atoms with Gasteiger partial charge in [-0.05, 0) is 24.3 Å². The standard InChI is InChI=1S/C22H13F4N3O2/c23-16-9-5-4-8-15(16)18-20(28-22(26)31-21(24)25)27-17-11-10-14(12-29(17)18)19(30)13-6-2-1-3-7-13/h1-12,21H. The normalized spacial score (nSPS) is 11.8. The number of imidazole rings is 1. The van der Waals surface area contributed by atoms with Gasteiger partial charge >= 0.3 is 12.8 Å². The number of aliphatic imine (C=N–C) groups is 1. The summed E-state index contributed by atoms with van der Waals surface area (Å²) in [6, 6.07) is 17.0. The molecule has 156 valence electrons. The van der Waals surface area contributed by atoms with Crippen LogP contribution in [0.25, 0.3) is 16.9 Å². The minimum atomic E-state index is -3.42. The molecule has 0 N–H and O–H groups in total. The maximum absolute atomic E-state index is 14.5. The van der Waals surface area contributed by atoms with E-state index in [1.165, 1.54) is 47.0 Å². The molecule has 0 aliphatic heterocycles. The van der Waals surface area contributed by atoms with Crippen molar-refractivity contribution in [1.29, 1.82) is 0 Å². The van der Waals surface area contributed by atoms with Crippen LogP contribution in [0.5, 0.6) is 0 Å². The van der Waals surface area contributed by atoms with E-state index in [1.54, 1.807) is 30.3 Å². The van der Waals surface area contributed by atoms with Crippen molar-refractivity contribution in [3.05, 3.63) is 89.9 Å². The van der Waals surface area contributed by atoms with E-state index in [2.05, 4.69) is 14.7 Å². The molecule has 0 fully saturated rings. The number of ether oxygens (including phenoxy) is 1. The van der Waals surface area contributed by atoms with Crippen LogP contribution in [0, 0.1) is 5.82 Å². The molecule has 4 aromatic rings. The summed E-state index contributed by atoms with van der Waals surface area (Å²) in [6.45, 7) is -3.42. The summed E-state index contributed by atoms with van der Waals surface area (Å²) in [7, 11) is 0. The average Bonchev–Trinajstić information content (AvgIpc) is 3.10. The van der Waals surface area contributed by atoms with Crippen molar-refractivity contribution in [2.45, 2.75) is 6.61 Å². The fourth-order valence-corrected chi connectivity index (χ4v) is 3.09. The van der Waals surface area contributed by atoms with Crippen molar-refractivity contribution in [1.82, 2.24) is 9.38 Å². The molecule has 0 saturated heterocycles. The fraction of sp³-hybridized carbons (Fsp3) is 0.0455. The molecule has 0 spiro atoms. The molecular formula is C22H13F4N3O2. The van der Waals surface area contributed by atoms with Gasteiger partial charge in [0.25, 0.3) is 0 Å². The average molecular weight is 427 g/mol. The summed E-state index contributed by atoms with van der Waals surface area (Å²) in [5.74, 6) is -1.35. The number of hydrogen-bond donors (Lipinski definition) is 0. The molecule has 2 aromatic carbocycles. The second kappa shape index (κ2) is 8.39. The molecule has 0 bridgehead atoms. The molecule has 31 heavy (non-hydrogen) atoms. The van der Waals surface area contributed by atoms with Crippen molar-refractivity contribution in [2.24, 2.45) is 4.99 Å². The van der Waals surface area contributed by atoms with E-state index in [4.69, 9.17) is 0 Å². The lowest BCUT2D eigenvalue weighted by molar-refractivity contribution is -0.0688. The third kappa shape index (κ3) is 4.16. The number of aromatic nitrogens is 2. The number of nitrogens with zero attached hydrogens (tertiary/aromatic N) is 3. The second-order valence-electron chi connectivity index (χ2n) is 6.35. The van der Waals surface area contributed by atoms with E-state index >= 15 is 0 Å². The van der Waals surface area contributed by atoms with Crippen LogP contribution in [0.3, 0.4) is 0 Å². The highest BCUT2D eigenvalue weighted by Gasteiger charge is 2.20. The largest absolute Gasteiger partial charge is 0.393 e. The lowest BCUT2D eigenvalue weighted by Gasteiger charge is -2.07. The van der Waals surface area contributed by atoms with Gasteiger partial charge in [0.15, 0.2) is 11.6 Å². The van der Waals surface area contributed by atoms with Crippen LogP contribution in [0.4, 0.5) is 23.4 Å². The first-order chi connectivity index (χ1) is 14.9. The summed E-state index contributed by atoms with van der Waals surface area (Å²) >= 11 is 0. The van der Waals surface area contributed by atoms with Crippen molar-refractivity contribution >= 4 is 23.4 Å². The molecule has 0 saturated carbocycles. The van der Waals surface area contributed by atoms with Gasteiger partial charge in [0.1, 0.15) is 17.2 Å². The summed E-state index contributed by atoms with van der Waals surface area (Å²) in [4.78, 5) is 20.2. The van der Waals surface area contributed by atoms with Crippen molar-refractivity contribution < 1.29 is 27.1 Å². The van der Waals surface area contributed by atoms with Crippen LogP contribution in [-0.2, 0) is 4.74 Å². The number of alkyl halides is 2. The second-order valence-corrected chi connectivity index (χ2v) is 6.35. The predicted octanol–water partition coefficient (Wildman–Crippen LogP) is 5.57. The molecule has 2 aromatic heterocycles. The van der Waals surface area contributed by atoms with Gasteiger partial charge in [0, 0.05) is 22.9 Å². The van der Waals surface area contributed by atoms with Crippen LogP contribution >= 0.6 is 0 Å². The van der Waals surface area contributed by atoms with Gasteiger partial charge in [-0.25, -0.2) is 9.37 Å². The summed E-state index contributed by atoms with van der Waals surface area (Å²) < 4.78 is 57.9. The molecule has 0 aliphatic rings. The SMILES string of the molecule is O=C(c1ccccc1)c1ccc2nc(N=C(F)OC(F)F)c(-c3ccccc3F)n2c1. The monoisotopic (exact) mass is 427 g/mol. The molecule has 0 radical (unpaired) electrons. The van der Waals surface area contributed by atoms with Crippen LogP contribution in [0.15, 0.2) is 77.9 Å². The summed E-state index contributed by atoms with van der Waals surface area (Å²) in [5.41, 5.74) is 0.857. The maximum Gasteiger partial charge on any atom is 0.390 e. The van der Waals surface area contributed by atoms with E-state index in [0.29, 0.717) is 5.56 Å². The summed E-state index contributed by atoms with van der Waals surface area (Å²) in [5, 5.41) is 0. The third-order valence-electron chi connectivity index (χ3n) is 4.41. The van der Waals surface area contributed by atoms with E-state index in [1.807, 2.05) is 0 Å². The third-order valence-corrected chi connectivity index (χ3v) is 4.41. The molecular weight excluding hydrogens is 414 g/mol. The molecule has 0 atom stereocenters. The first-order valence-corrected chi connectivity index (χ1v) is 9.00. The van der Waals surface area contributed by atoms with Gasteiger partial charge in [0.05, 0.1) is 0 Å². The number of halogens is 4. The predicted molar refractivity (Wildman–Crippen MR) is 106 cm³/mol. The van der Waals surface area contributed by atoms with Gasteiger partial charge in [-0.3, -0.25) is 9.20 Å². The molecule has 9 heteroatoms. The van der Waals surface area contributed by atoms with E-state index in [-0.39, 0.29) is 34.1 Å². The molecule has 0 unspecified atom stereocenters. The molecule has 0 amide bonds. The van der Waals surface area contributed by atoms with Crippen LogP contribution in [0.2, 0.25) is 0 Å². The van der Waals surface area contributed by atoms with Gasteiger partial charge in [-0.2, -0.15) is 13.8 Å². The Balaban J connectivity index is 1.91. The van der Waals surface area contributed by atoms with Crippen LogP contribution in [-0.4, -0.2) is 27.9 Å². The van der Waals surface area contributed by atoms with Crippen molar-refractivity contribution in [3.63, 3.8) is 0 Å². The van der Waals surface area contributed by atoms with Gasteiger partial charge in [-0.15, -0.1) is 4.39 Å². The lowest BCUT2D eigenvalue weighted by Crippen LogP contribution is -2.04. The fourth-order valence-electron chi connectivity index (χ4n) is 3.09. The highest BCUT2D eigenvalue weighted by molar-refractivity contribution is 6.09. The quantitative estimate of drug-likeness (QED) is 0.181. The zero-order valence-electron chi connectivity index (χ0n) is 15.7. The number of fused-ring (bicyclic) bond motifs is 1. The van der Waals surface area contributed by atoms with E-state index < -0.39 is 18.6 Å². The minimum Gasteiger partial charge on any atom is -0.393 e. The number of benzene rings is 2. The number of ketones is 1. The Morgan fingerprint density at radius 2 is 1.68 bits per heavy atom. The number of hydrogen-bond acceptors (Lipinski definition) is 4. The Morgan fingerprint density at radius 3 is 2.39 bits per heavy atom. The van der Waals surface area contributed by atoms with E-state index in [0.717, 1.165) is 0 Å². The Labute approximate surface area is 173 Å². The van der Waals surface area contributed by atoms with Crippen molar-refractivity contribution in [3.8, 4) is 11.3 Å². The zero-order chi connectivity index (χ0) is 22.0. The van der Waals surface area contributed by atoms with Crippen LogP contribution < -0.4 is 0 Å². The van der Waals surface area contributed by atoms with Gasteiger partial charge < -0.3 is 4.74 Å².